The molecule has 0 atom stereocenters. The van der Waals surface area contributed by atoms with Crippen LogP contribution in [0.3, 0.4) is 0 Å². The lowest BCUT2D eigenvalue weighted by atomic mass is 9.67. The molecule has 3 nitrogen and oxygen atoms in total. The van der Waals surface area contributed by atoms with Gasteiger partial charge in [-0.1, -0.05) is 55.8 Å². The zero-order valence-electron chi connectivity index (χ0n) is 20.0. The summed E-state index contributed by atoms with van der Waals surface area (Å²) in [6.07, 6.45) is 0.820. The molecule has 0 radical (unpaired) electrons. The lowest BCUT2D eigenvalue weighted by molar-refractivity contribution is -0.137. The lowest BCUT2D eigenvalue weighted by Gasteiger charge is -2.36. The number of allylic oxidation sites excluding steroid dienone is 5. The van der Waals surface area contributed by atoms with Crippen molar-refractivity contribution in [2.45, 2.75) is 32.9 Å². The van der Waals surface area contributed by atoms with E-state index in [9.17, 15) is 22.8 Å². The first-order valence-corrected chi connectivity index (χ1v) is 11.6. The average molecular weight is 489 g/mol. The van der Waals surface area contributed by atoms with Crippen molar-refractivity contribution >= 4 is 33.8 Å². The van der Waals surface area contributed by atoms with E-state index in [-0.39, 0.29) is 11.0 Å². The molecule has 0 bridgehead atoms. The molecule has 182 valence electrons. The Morgan fingerprint density at radius 2 is 1.75 bits per heavy atom. The van der Waals surface area contributed by atoms with Gasteiger partial charge in [-0.2, -0.15) is 13.2 Å². The Morgan fingerprint density at radius 1 is 1.03 bits per heavy atom. The van der Waals surface area contributed by atoms with Crippen LogP contribution in [0.4, 0.5) is 13.2 Å². The first kappa shape index (κ1) is 23.8. The summed E-state index contributed by atoms with van der Waals surface area (Å²) >= 11 is 0. The Morgan fingerprint density at radius 3 is 2.39 bits per heavy atom. The Labute approximate surface area is 206 Å². The third kappa shape index (κ3) is 3.78. The first-order valence-electron chi connectivity index (χ1n) is 11.6. The van der Waals surface area contributed by atoms with Crippen molar-refractivity contribution in [1.29, 1.82) is 0 Å². The second kappa shape index (κ2) is 8.35. The Kier molecular flexibility index (Phi) is 5.53. The van der Waals surface area contributed by atoms with Crippen LogP contribution in [0.2, 0.25) is 0 Å². The molecule has 0 spiro atoms. The van der Waals surface area contributed by atoms with Gasteiger partial charge in [0.15, 0.2) is 0 Å². The van der Waals surface area contributed by atoms with Gasteiger partial charge in [-0.3, -0.25) is 0 Å². The van der Waals surface area contributed by atoms with Gasteiger partial charge in [0.1, 0.15) is 5.94 Å². The van der Waals surface area contributed by atoms with Gasteiger partial charge in [0, 0.05) is 17.6 Å². The second-order valence-electron chi connectivity index (χ2n) is 9.82. The molecule has 3 aromatic carbocycles. The lowest BCUT2D eigenvalue weighted by Crippen LogP contribution is -2.21. The van der Waals surface area contributed by atoms with Crippen molar-refractivity contribution in [2.24, 2.45) is 5.41 Å². The molecule has 0 saturated carbocycles. The third-order valence-electron chi connectivity index (χ3n) is 7.19. The fourth-order valence-electron chi connectivity index (χ4n) is 5.30. The first-order chi connectivity index (χ1) is 17.0. The highest BCUT2D eigenvalue weighted by Crippen LogP contribution is 2.52. The summed E-state index contributed by atoms with van der Waals surface area (Å²) in [6, 6.07) is 12.0. The summed E-state index contributed by atoms with van der Waals surface area (Å²) in [6.45, 7) is 4.26. The molecule has 6 heteroatoms. The number of hydrogen-bond donors (Lipinski definition) is 0. The molecular weight excluding hydrogens is 465 g/mol. The summed E-state index contributed by atoms with van der Waals surface area (Å²) in [5, 5.41) is 0.944. The number of esters is 1. The molecule has 3 aromatic rings. The van der Waals surface area contributed by atoms with E-state index in [1.807, 2.05) is 6.08 Å². The number of methoxy groups -OCH3 is 1. The van der Waals surface area contributed by atoms with E-state index in [0.717, 1.165) is 35.3 Å². The maximum Gasteiger partial charge on any atom is 0.416 e. The highest BCUT2D eigenvalue weighted by Gasteiger charge is 2.36. The molecule has 2 aliphatic rings. The van der Waals surface area contributed by atoms with Crippen LogP contribution in [0.15, 0.2) is 66.3 Å². The Hall–Kier alpha value is -3.89. The minimum absolute atomic E-state index is 0.147. The highest BCUT2D eigenvalue weighted by molar-refractivity contribution is 6.13. The molecule has 0 aliphatic heterocycles. The van der Waals surface area contributed by atoms with Crippen LogP contribution in [0.25, 0.3) is 33.0 Å². The van der Waals surface area contributed by atoms with Crippen LogP contribution in [-0.4, -0.2) is 19.0 Å². The van der Waals surface area contributed by atoms with Gasteiger partial charge in [0.25, 0.3) is 0 Å². The Balaban J connectivity index is 1.86. The fraction of sp³-hybridized carbons (Fsp3) is 0.233. The molecule has 2 aliphatic carbocycles. The smallest absolute Gasteiger partial charge is 0.416 e. The molecule has 0 heterocycles. The topological polar surface area (TPSA) is 43.4 Å². The summed E-state index contributed by atoms with van der Waals surface area (Å²) in [7, 11) is 1.26. The van der Waals surface area contributed by atoms with Gasteiger partial charge < -0.3 is 4.74 Å². The predicted molar refractivity (Wildman–Crippen MR) is 134 cm³/mol. The van der Waals surface area contributed by atoms with Crippen LogP contribution in [0, 0.1) is 5.41 Å². The van der Waals surface area contributed by atoms with Crippen LogP contribution in [0.1, 0.15) is 53.7 Å². The minimum atomic E-state index is -4.56. The van der Waals surface area contributed by atoms with Crippen LogP contribution in [-0.2, 0) is 15.7 Å². The molecular formula is C30H23F3O3. The predicted octanol–water partition coefficient (Wildman–Crippen LogP) is 7.67. The zero-order valence-corrected chi connectivity index (χ0v) is 20.0. The monoisotopic (exact) mass is 488 g/mol. The molecule has 0 amide bonds. The number of benzene rings is 3. The maximum atomic E-state index is 13.9. The standard InChI is InChI=1S/C30H23F3O3/c1-29(2)12-4-5-22-23-11-10-19-13-21(30(31,32)33)15-24(17-6-8-18(9-7-17)28(35)36-3)26(19)27(23)20(16-34)14-25(22)29/h4-11,13,15H,12,14H2,1-3H3. The summed E-state index contributed by atoms with van der Waals surface area (Å²) in [5.74, 6) is 1.57. The largest absolute Gasteiger partial charge is 0.465 e. The van der Waals surface area contributed by atoms with Crippen molar-refractivity contribution in [2.75, 3.05) is 7.11 Å². The number of hydrogen-bond acceptors (Lipinski definition) is 3. The molecule has 0 fully saturated rings. The van der Waals surface area contributed by atoms with Gasteiger partial charge >= 0.3 is 12.1 Å². The number of rotatable bonds is 2. The second-order valence-corrected chi connectivity index (χ2v) is 9.82. The van der Waals surface area contributed by atoms with Crippen molar-refractivity contribution in [3.05, 3.63) is 88.5 Å². The van der Waals surface area contributed by atoms with Crippen molar-refractivity contribution in [1.82, 2.24) is 0 Å². The molecule has 36 heavy (non-hydrogen) atoms. The van der Waals surface area contributed by atoms with E-state index in [1.54, 1.807) is 24.3 Å². The van der Waals surface area contributed by atoms with Gasteiger partial charge in [-0.25, -0.2) is 9.59 Å². The summed E-state index contributed by atoms with van der Waals surface area (Å²) in [4.78, 5) is 24.1. The third-order valence-corrected chi connectivity index (χ3v) is 7.19. The number of halogens is 3. The number of carbonyl (C=O) groups excluding carboxylic acids is 2. The van der Waals surface area contributed by atoms with Gasteiger partial charge in [-0.15, -0.1) is 0 Å². The number of alkyl halides is 3. The number of carbonyl (C=O) groups is 1. The van der Waals surface area contributed by atoms with E-state index in [2.05, 4.69) is 25.9 Å². The van der Waals surface area contributed by atoms with Crippen molar-refractivity contribution < 1.29 is 27.5 Å². The van der Waals surface area contributed by atoms with E-state index in [4.69, 9.17) is 4.74 Å². The van der Waals surface area contributed by atoms with Crippen LogP contribution >= 0.6 is 0 Å². The SMILES string of the molecule is COC(=O)c1ccc(-c2cc(C(F)(F)F)cc3ccc4c(c23)C(=C=O)CC2=C4C=CCC2(C)C)cc1. The fourth-order valence-corrected chi connectivity index (χ4v) is 5.30. The normalized spacial score (nSPS) is 16.4. The van der Waals surface area contributed by atoms with E-state index >= 15 is 0 Å². The molecule has 0 unspecified atom stereocenters. The van der Waals surface area contributed by atoms with E-state index in [0.29, 0.717) is 39.5 Å². The molecule has 0 N–H and O–H groups in total. The molecule has 5 rings (SSSR count). The zero-order chi connectivity index (χ0) is 25.8. The average Bonchev–Trinajstić information content (AvgIpc) is 2.86. The van der Waals surface area contributed by atoms with Gasteiger partial charge in [0.05, 0.1) is 18.2 Å². The van der Waals surface area contributed by atoms with Crippen LogP contribution in [0.5, 0.6) is 0 Å². The maximum absolute atomic E-state index is 13.9. The number of fused-ring (bicyclic) bond motifs is 4. The van der Waals surface area contributed by atoms with Crippen molar-refractivity contribution in [3.63, 3.8) is 0 Å². The quantitative estimate of drug-likeness (QED) is 0.275. The van der Waals surface area contributed by atoms with E-state index < -0.39 is 17.7 Å². The Bertz CT molecular complexity index is 1530. The van der Waals surface area contributed by atoms with Crippen molar-refractivity contribution in [3.8, 4) is 11.1 Å². The van der Waals surface area contributed by atoms with Gasteiger partial charge in [0.2, 0.25) is 0 Å². The summed E-state index contributed by atoms with van der Waals surface area (Å²) in [5.41, 5.74) is 4.20. The van der Waals surface area contributed by atoms with Crippen LogP contribution < -0.4 is 0 Å². The minimum Gasteiger partial charge on any atom is -0.465 e. The van der Waals surface area contributed by atoms with E-state index in [1.165, 1.54) is 19.2 Å². The summed E-state index contributed by atoms with van der Waals surface area (Å²) < 4.78 is 46.4. The molecule has 0 aromatic heterocycles. The highest BCUT2D eigenvalue weighted by atomic mass is 19.4. The molecule has 0 saturated heterocycles. The van der Waals surface area contributed by atoms with Gasteiger partial charge in [-0.05, 0) is 69.1 Å². The number of ether oxygens (including phenoxy) is 1.